The summed E-state index contributed by atoms with van der Waals surface area (Å²) in [6.07, 6.45) is 12.2. The largest absolute Gasteiger partial charge is 0.268 e. The topological polar surface area (TPSA) is 50.3 Å². The average Bonchev–Trinajstić information content (AvgIpc) is 2.82. The third-order valence-corrected chi connectivity index (χ3v) is 6.40. The van der Waals surface area contributed by atoms with E-state index in [1.54, 1.807) is 13.0 Å². The summed E-state index contributed by atoms with van der Waals surface area (Å²) in [7, 11) is 0. The van der Waals surface area contributed by atoms with Crippen LogP contribution in [0.5, 0.6) is 0 Å². The molecule has 4 nitrogen and oxygen atoms in total. The van der Waals surface area contributed by atoms with Crippen LogP contribution < -0.4 is 0 Å². The molecule has 0 fully saturated rings. The zero-order valence-electron chi connectivity index (χ0n) is 19.5. The highest BCUT2D eigenvalue weighted by atomic mass is 16.2. The minimum Gasteiger partial charge on any atom is -0.268 e. The number of benzene rings is 1. The first-order valence-electron chi connectivity index (χ1n) is 11.3. The number of amides is 2. The second kappa shape index (κ2) is 10.4. The van der Waals surface area contributed by atoms with Crippen molar-refractivity contribution in [1.82, 2.24) is 9.88 Å². The lowest BCUT2D eigenvalue weighted by Gasteiger charge is -2.31. The number of pyridine rings is 1. The quantitative estimate of drug-likeness (QED) is 0.269. The van der Waals surface area contributed by atoms with E-state index in [1.165, 1.54) is 10.5 Å². The molecule has 0 bridgehead atoms. The zero-order chi connectivity index (χ0) is 23.3. The van der Waals surface area contributed by atoms with E-state index in [1.807, 2.05) is 56.6 Å². The van der Waals surface area contributed by atoms with Gasteiger partial charge in [-0.3, -0.25) is 14.6 Å². The van der Waals surface area contributed by atoms with Gasteiger partial charge in [0.25, 0.3) is 11.8 Å². The number of hydrogen-bond donors (Lipinski definition) is 0. The van der Waals surface area contributed by atoms with Gasteiger partial charge in [-0.1, -0.05) is 43.7 Å². The van der Waals surface area contributed by atoms with Gasteiger partial charge < -0.3 is 0 Å². The Bertz CT molecular complexity index is 1070. The molecule has 0 spiro atoms. The SMILES string of the molecule is C=CC(CCCC(C)c1ccncc1)c1cccc2c1/C(=C\C)C(=O)N(/C(C)=C/C)C2=O. The van der Waals surface area contributed by atoms with E-state index in [2.05, 4.69) is 30.6 Å². The number of carbonyl (C=O) groups is 2. The molecule has 32 heavy (non-hydrogen) atoms. The monoisotopic (exact) mass is 428 g/mol. The van der Waals surface area contributed by atoms with Gasteiger partial charge >= 0.3 is 0 Å². The number of nitrogens with zero attached hydrogens (tertiary/aromatic N) is 2. The molecule has 2 aromatic rings. The van der Waals surface area contributed by atoms with E-state index < -0.39 is 0 Å². The highest BCUT2D eigenvalue weighted by Crippen LogP contribution is 2.38. The molecule has 1 aromatic heterocycles. The normalized spacial score (nSPS) is 17.3. The van der Waals surface area contributed by atoms with Crippen LogP contribution in [0.3, 0.4) is 0 Å². The molecule has 0 saturated heterocycles. The average molecular weight is 429 g/mol. The molecule has 2 amide bonds. The van der Waals surface area contributed by atoms with Gasteiger partial charge in [-0.25, -0.2) is 4.90 Å². The number of rotatable bonds is 8. The van der Waals surface area contributed by atoms with E-state index in [-0.39, 0.29) is 17.7 Å². The van der Waals surface area contributed by atoms with Crippen LogP contribution in [-0.2, 0) is 4.79 Å². The van der Waals surface area contributed by atoms with Crippen LogP contribution in [-0.4, -0.2) is 21.7 Å². The van der Waals surface area contributed by atoms with Crippen LogP contribution in [0, 0.1) is 0 Å². The van der Waals surface area contributed by atoms with Crippen LogP contribution in [0.4, 0.5) is 0 Å². The van der Waals surface area contributed by atoms with Crippen molar-refractivity contribution in [3.8, 4) is 0 Å². The van der Waals surface area contributed by atoms with Gasteiger partial charge in [-0.15, -0.1) is 6.58 Å². The van der Waals surface area contributed by atoms with Gasteiger partial charge in [-0.2, -0.15) is 0 Å². The minimum absolute atomic E-state index is 0.0690. The van der Waals surface area contributed by atoms with Gasteiger partial charge in [0, 0.05) is 40.7 Å². The lowest BCUT2D eigenvalue weighted by atomic mass is 9.81. The number of carbonyl (C=O) groups excluding carboxylic acids is 2. The lowest BCUT2D eigenvalue weighted by molar-refractivity contribution is -0.121. The summed E-state index contributed by atoms with van der Waals surface area (Å²) in [5.41, 5.74) is 4.85. The first kappa shape index (κ1) is 23.4. The molecule has 0 aliphatic carbocycles. The molecule has 2 unspecified atom stereocenters. The van der Waals surface area contributed by atoms with E-state index in [4.69, 9.17) is 0 Å². The minimum atomic E-state index is -0.262. The van der Waals surface area contributed by atoms with Crippen LogP contribution in [0.15, 0.2) is 73.2 Å². The number of hydrogen-bond acceptors (Lipinski definition) is 3. The summed E-state index contributed by atoms with van der Waals surface area (Å²) in [5.74, 6) is -0.0105. The molecule has 3 rings (SSSR count). The van der Waals surface area contributed by atoms with Crippen LogP contribution in [0.25, 0.3) is 5.57 Å². The van der Waals surface area contributed by atoms with Gasteiger partial charge in [0.15, 0.2) is 0 Å². The molecular formula is C28H32N2O2. The predicted octanol–water partition coefficient (Wildman–Crippen LogP) is 6.63. The Morgan fingerprint density at radius 3 is 2.44 bits per heavy atom. The summed E-state index contributed by atoms with van der Waals surface area (Å²) in [6, 6.07) is 9.89. The fraction of sp³-hybridized carbons (Fsp3) is 0.321. The van der Waals surface area contributed by atoms with Crippen molar-refractivity contribution in [2.75, 3.05) is 0 Å². The maximum Gasteiger partial charge on any atom is 0.265 e. The van der Waals surface area contributed by atoms with Crippen molar-refractivity contribution in [2.24, 2.45) is 0 Å². The van der Waals surface area contributed by atoms with Gasteiger partial charge in [0.05, 0.1) is 0 Å². The Morgan fingerprint density at radius 2 is 1.81 bits per heavy atom. The van der Waals surface area contributed by atoms with Crippen molar-refractivity contribution in [1.29, 1.82) is 0 Å². The number of imide groups is 1. The van der Waals surface area contributed by atoms with Crippen molar-refractivity contribution < 1.29 is 9.59 Å². The first-order chi connectivity index (χ1) is 15.4. The highest BCUT2D eigenvalue weighted by Gasteiger charge is 2.37. The summed E-state index contributed by atoms with van der Waals surface area (Å²) in [6.45, 7) is 11.8. The van der Waals surface area contributed by atoms with E-state index in [9.17, 15) is 9.59 Å². The molecule has 4 heteroatoms. The standard InChI is InChI=1S/C28H32N2O2/c1-6-20(5)30-27(31)23(8-3)26-24(13-10-14-25(26)28(30)32)21(7-2)12-9-11-19(4)22-15-17-29-18-16-22/h6-8,10,13-19,21H,2,9,11-12H2,1,3-5H3/b20-6+,23-8+. The molecule has 166 valence electrons. The number of allylic oxidation sites excluding steroid dienone is 4. The van der Waals surface area contributed by atoms with Gasteiger partial charge in [-0.05, 0) is 68.9 Å². The molecule has 0 saturated carbocycles. The van der Waals surface area contributed by atoms with Crippen LogP contribution in [0.2, 0.25) is 0 Å². The number of aromatic nitrogens is 1. The Hall–Kier alpha value is -3.27. The van der Waals surface area contributed by atoms with Gasteiger partial charge in [0.1, 0.15) is 0 Å². The molecule has 1 aliphatic heterocycles. The maximum atomic E-state index is 13.2. The zero-order valence-corrected chi connectivity index (χ0v) is 19.5. The van der Waals surface area contributed by atoms with Crippen LogP contribution >= 0.6 is 0 Å². The van der Waals surface area contributed by atoms with Crippen molar-refractivity contribution in [3.63, 3.8) is 0 Å². The van der Waals surface area contributed by atoms with Crippen molar-refractivity contribution in [2.45, 2.75) is 58.8 Å². The summed E-state index contributed by atoms with van der Waals surface area (Å²) in [5, 5.41) is 0. The third-order valence-electron chi connectivity index (χ3n) is 6.40. The third kappa shape index (κ3) is 4.50. The smallest absolute Gasteiger partial charge is 0.265 e. The maximum absolute atomic E-state index is 13.2. The van der Waals surface area contributed by atoms with Crippen molar-refractivity contribution in [3.05, 3.63) is 95.5 Å². The summed E-state index contributed by atoms with van der Waals surface area (Å²) in [4.78, 5) is 31.8. The van der Waals surface area contributed by atoms with Crippen molar-refractivity contribution >= 4 is 17.4 Å². The lowest BCUT2D eigenvalue weighted by Crippen LogP contribution is -2.40. The molecule has 2 atom stereocenters. The Labute approximate surface area is 191 Å². The molecule has 0 N–H and O–H groups in total. The summed E-state index contributed by atoms with van der Waals surface area (Å²) < 4.78 is 0. The Kier molecular flexibility index (Phi) is 7.57. The molecular weight excluding hydrogens is 396 g/mol. The van der Waals surface area contributed by atoms with E-state index in [0.717, 1.165) is 30.4 Å². The fourth-order valence-corrected chi connectivity index (χ4v) is 4.42. The first-order valence-corrected chi connectivity index (χ1v) is 11.3. The van der Waals surface area contributed by atoms with E-state index >= 15 is 0 Å². The molecule has 0 radical (unpaired) electrons. The van der Waals surface area contributed by atoms with Crippen LogP contribution in [0.1, 0.15) is 85.8 Å². The Balaban J connectivity index is 1.89. The van der Waals surface area contributed by atoms with E-state index in [0.29, 0.717) is 22.8 Å². The molecule has 1 aromatic carbocycles. The number of fused-ring (bicyclic) bond motifs is 1. The second-order valence-electron chi connectivity index (χ2n) is 8.30. The molecule has 1 aliphatic rings. The second-order valence-corrected chi connectivity index (χ2v) is 8.30. The summed E-state index contributed by atoms with van der Waals surface area (Å²) >= 11 is 0. The Morgan fingerprint density at radius 1 is 1.09 bits per heavy atom. The predicted molar refractivity (Wildman–Crippen MR) is 130 cm³/mol. The van der Waals surface area contributed by atoms with Gasteiger partial charge in [0.2, 0.25) is 0 Å². The highest BCUT2D eigenvalue weighted by molar-refractivity contribution is 6.32. The fourth-order valence-electron chi connectivity index (χ4n) is 4.42. The molecule has 2 heterocycles.